The van der Waals surface area contributed by atoms with Crippen LogP contribution in [0.5, 0.6) is 5.75 Å². The average molecular weight is 396 g/mol. The molecule has 1 amide bonds. The molecular formula is C27H25NO2. The molecule has 0 aromatic heterocycles. The summed E-state index contributed by atoms with van der Waals surface area (Å²) >= 11 is 0. The minimum Gasteiger partial charge on any atom is -0.481 e. The zero-order valence-electron chi connectivity index (χ0n) is 17.0. The number of nitrogens with one attached hydrogen (secondary N) is 1. The third kappa shape index (κ3) is 4.52. The van der Waals surface area contributed by atoms with Gasteiger partial charge in [-0.25, -0.2) is 0 Å². The predicted molar refractivity (Wildman–Crippen MR) is 122 cm³/mol. The third-order valence-electron chi connectivity index (χ3n) is 5.21. The van der Waals surface area contributed by atoms with Crippen molar-refractivity contribution in [2.24, 2.45) is 0 Å². The van der Waals surface area contributed by atoms with E-state index < -0.39 is 6.10 Å². The van der Waals surface area contributed by atoms with Crippen molar-refractivity contribution < 1.29 is 9.53 Å². The molecule has 0 saturated carbocycles. The molecule has 0 bridgehead atoms. The molecule has 3 nitrogen and oxygen atoms in total. The SMILES string of the molecule is CC[C@@H](Oc1ccc2ccccc2c1)C(=O)NC(c1ccccc1)c1ccccc1. The molecule has 4 rings (SSSR count). The number of benzene rings is 4. The summed E-state index contributed by atoms with van der Waals surface area (Å²) in [6, 6.07) is 33.8. The molecule has 0 unspecified atom stereocenters. The van der Waals surface area contributed by atoms with Crippen LogP contribution in [0.4, 0.5) is 0 Å². The predicted octanol–water partition coefficient (Wildman–Crippen LogP) is 5.90. The van der Waals surface area contributed by atoms with Gasteiger partial charge in [0.25, 0.3) is 5.91 Å². The summed E-state index contributed by atoms with van der Waals surface area (Å²) in [7, 11) is 0. The second kappa shape index (κ2) is 9.27. The first kappa shape index (κ1) is 19.7. The van der Waals surface area contributed by atoms with E-state index in [4.69, 9.17) is 4.74 Å². The smallest absolute Gasteiger partial charge is 0.261 e. The van der Waals surface area contributed by atoms with Gasteiger partial charge in [0.2, 0.25) is 0 Å². The Hall–Kier alpha value is -3.59. The number of hydrogen-bond acceptors (Lipinski definition) is 2. The second-order valence-corrected chi connectivity index (χ2v) is 7.29. The maximum Gasteiger partial charge on any atom is 0.261 e. The van der Waals surface area contributed by atoms with Gasteiger partial charge < -0.3 is 10.1 Å². The van der Waals surface area contributed by atoms with Crippen LogP contribution in [-0.2, 0) is 4.79 Å². The molecule has 0 radical (unpaired) electrons. The summed E-state index contributed by atoms with van der Waals surface area (Å²) in [6.45, 7) is 1.96. The van der Waals surface area contributed by atoms with Crippen LogP contribution in [0.15, 0.2) is 103 Å². The number of hydrogen-bond donors (Lipinski definition) is 1. The Morgan fingerprint density at radius 1 is 0.767 bits per heavy atom. The Bertz CT molecular complexity index is 1070. The maximum absolute atomic E-state index is 13.2. The van der Waals surface area contributed by atoms with Gasteiger partial charge in [0.15, 0.2) is 6.10 Å². The van der Waals surface area contributed by atoms with Gasteiger partial charge in [-0.05, 0) is 40.5 Å². The molecule has 150 valence electrons. The Morgan fingerprint density at radius 3 is 1.93 bits per heavy atom. The lowest BCUT2D eigenvalue weighted by Gasteiger charge is -2.24. The normalized spacial score (nSPS) is 11.9. The minimum absolute atomic E-state index is 0.122. The van der Waals surface area contributed by atoms with Gasteiger partial charge in [0, 0.05) is 0 Å². The zero-order chi connectivity index (χ0) is 20.8. The topological polar surface area (TPSA) is 38.3 Å². The van der Waals surface area contributed by atoms with Crippen molar-refractivity contribution in [1.29, 1.82) is 0 Å². The summed E-state index contributed by atoms with van der Waals surface area (Å²) in [5.74, 6) is 0.579. The Kier molecular flexibility index (Phi) is 6.09. The number of fused-ring (bicyclic) bond motifs is 1. The fourth-order valence-electron chi connectivity index (χ4n) is 3.61. The molecular weight excluding hydrogens is 370 g/mol. The van der Waals surface area contributed by atoms with Gasteiger partial charge in [-0.2, -0.15) is 0 Å². The highest BCUT2D eigenvalue weighted by Gasteiger charge is 2.23. The molecule has 0 fully saturated rings. The summed E-state index contributed by atoms with van der Waals surface area (Å²) in [4.78, 5) is 13.2. The van der Waals surface area contributed by atoms with Crippen LogP contribution in [0.25, 0.3) is 10.8 Å². The quantitative estimate of drug-likeness (QED) is 0.423. The number of carbonyl (C=O) groups excluding carboxylic acids is 1. The molecule has 30 heavy (non-hydrogen) atoms. The van der Waals surface area contributed by atoms with Gasteiger partial charge in [-0.15, -0.1) is 0 Å². The molecule has 0 spiro atoms. The van der Waals surface area contributed by atoms with Crippen molar-refractivity contribution in [1.82, 2.24) is 5.32 Å². The van der Waals surface area contributed by atoms with Crippen molar-refractivity contribution in [3.63, 3.8) is 0 Å². The van der Waals surface area contributed by atoms with E-state index in [0.717, 1.165) is 21.9 Å². The monoisotopic (exact) mass is 395 g/mol. The number of rotatable bonds is 7. The van der Waals surface area contributed by atoms with E-state index in [0.29, 0.717) is 12.2 Å². The lowest BCUT2D eigenvalue weighted by Crippen LogP contribution is -2.40. The molecule has 3 heteroatoms. The first-order valence-corrected chi connectivity index (χ1v) is 10.3. The number of carbonyl (C=O) groups is 1. The maximum atomic E-state index is 13.2. The largest absolute Gasteiger partial charge is 0.481 e. The van der Waals surface area contributed by atoms with E-state index in [2.05, 4.69) is 11.4 Å². The molecule has 0 aliphatic heterocycles. The van der Waals surface area contributed by atoms with Gasteiger partial charge in [0.05, 0.1) is 6.04 Å². The van der Waals surface area contributed by atoms with Crippen LogP contribution in [-0.4, -0.2) is 12.0 Å². The van der Waals surface area contributed by atoms with Crippen molar-refractivity contribution in [3.05, 3.63) is 114 Å². The minimum atomic E-state index is -0.568. The van der Waals surface area contributed by atoms with E-state index in [1.54, 1.807) is 0 Å². The van der Waals surface area contributed by atoms with E-state index in [1.807, 2.05) is 104 Å². The van der Waals surface area contributed by atoms with E-state index >= 15 is 0 Å². The van der Waals surface area contributed by atoms with Crippen molar-refractivity contribution >= 4 is 16.7 Å². The summed E-state index contributed by atoms with van der Waals surface area (Å²) < 4.78 is 6.09. The second-order valence-electron chi connectivity index (χ2n) is 7.29. The zero-order valence-corrected chi connectivity index (χ0v) is 17.0. The molecule has 4 aromatic carbocycles. The Morgan fingerprint density at radius 2 is 1.33 bits per heavy atom. The highest BCUT2D eigenvalue weighted by atomic mass is 16.5. The molecule has 1 atom stereocenters. The van der Waals surface area contributed by atoms with Gasteiger partial charge in [-0.3, -0.25) is 4.79 Å². The molecule has 0 saturated heterocycles. The van der Waals surface area contributed by atoms with E-state index in [1.165, 1.54) is 0 Å². The molecule has 0 heterocycles. The fraction of sp³-hybridized carbons (Fsp3) is 0.148. The van der Waals surface area contributed by atoms with Crippen LogP contribution in [0.1, 0.15) is 30.5 Å². The number of amides is 1. The number of ether oxygens (including phenoxy) is 1. The molecule has 4 aromatic rings. The standard InChI is InChI=1S/C27H25NO2/c1-2-25(30-24-18-17-20-11-9-10-16-23(20)19-24)27(29)28-26(21-12-5-3-6-13-21)22-14-7-4-8-15-22/h3-19,25-26H,2H2,1H3,(H,28,29)/t25-/m1/s1. The van der Waals surface area contributed by atoms with Crippen LogP contribution in [0.2, 0.25) is 0 Å². The third-order valence-corrected chi connectivity index (χ3v) is 5.21. The summed E-state index contributed by atoms with van der Waals surface area (Å²) in [5, 5.41) is 5.44. The lowest BCUT2D eigenvalue weighted by atomic mass is 9.98. The van der Waals surface area contributed by atoms with E-state index in [-0.39, 0.29) is 11.9 Å². The van der Waals surface area contributed by atoms with Crippen LogP contribution in [0.3, 0.4) is 0 Å². The van der Waals surface area contributed by atoms with Crippen LogP contribution >= 0.6 is 0 Å². The lowest BCUT2D eigenvalue weighted by molar-refractivity contribution is -0.128. The average Bonchev–Trinajstić information content (AvgIpc) is 2.82. The van der Waals surface area contributed by atoms with Crippen LogP contribution in [0, 0.1) is 0 Å². The molecule has 0 aliphatic carbocycles. The van der Waals surface area contributed by atoms with Gasteiger partial charge in [0.1, 0.15) is 5.75 Å². The summed E-state index contributed by atoms with van der Waals surface area (Å²) in [5.41, 5.74) is 2.08. The van der Waals surface area contributed by atoms with E-state index in [9.17, 15) is 4.79 Å². The molecule has 0 aliphatic rings. The Labute approximate surface area is 177 Å². The van der Waals surface area contributed by atoms with Crippen molar-refractivity contribution in [2.75, 3.05) is 0 Å². The first-order valence-electron chi connectivity index (χ1n) is 10.3. The molecule has 1 N–H and O–H groups in total. The first-order chi connectivity index (χ1) is 14.7. The Balaban J connectivity index is 1.55. The fourth-order valence-corrected chi connectivity index (χ4v) is 3.61. The van der Waals surface area contributed by atoms with Gasteiger partial charge >= 0.3 is 0 Å². The highest BCUT2D eigenvalue weighted by Crippen LogP contribution is 2.24. The van der Waals surface area contributed by atoms with Crippen molar-refractivity contribution in [2.45, 2.75) is 25.5 Å². The summed E-state index contributed by atoms with van der Waals surface area (Å²) in [6.07, 6.45) is 0.00989. The van der Waals surface area contributed by atoms with Crippen LogP contribution < -0.4 is 10.1 Å². The van der Waals surface area contributed by atoms with Crippen molar-refractivity contribution in [3.8, 4) is 5.75 Å². The van der Waals surface area contributed by atoms with Gasteiger partial charge in [-0.1, -0.05) is 97.9 Å². The highest BCUT2D eigenvalue weighted by molar-refractivity contribution is 5.84.